The van der Waals surface area contributed by atoms with Crippen LogP contribution in [0.5, 0.6) is 0 Å². The Morgan fingerprint density at radius 1 is 1.25 bits per heavy atom. The molecule has 0 aromatic rings. The van der Waals surface area contributed by atoms with Gasteiger partial charge in [0.15, 0.2) is 0 Å². The summed E-state index contributed by atoms with van der Waals surface area (Å²) in [5.41, 5.74) is 0.0144. The van der Waals surface area contributed by atoms with Crippen LogP contribution in [0.4, 0.5) is 0 Å². The average molecular weight is 247 g/mol. The van der Waals surface area contributed by atoms with Gasteiger partial charge in [0.2, 0.25) is 5.91 Å². The highest BCUT2D eigenvalue weighted by atomic mass is 32.2. The van der Waals surface area contributed by atoms with Gasteiger partial charge in [0.1, 0.15) is 0 Å². The number of hydrogen-bond acceptors (Lipinski definition) is 3. The van der Waals surface area contributed by atoms with E-state index in [1.165, 1.54) is 0 Å². The van der Waals surface area contributed by atoms with Crippen LogP contribution in [0.15, 0.2) is 0 Å². The lowest BCUT2D eigenvalue weighted by molar-refractivity contribution is -0.136. The maximum absolute atomic E-state index is 11.4. The van der Waals surface area contributed by atoms with E-state index in [9.17, 15) is 9.59 Å². The molecule has 4 nitrogen and oxygen atoms in total. The van der Waals surface area contributed by atoms with Crippen molar-refractivity contribution < 1.29 is 14.7 Å². The highest BCUT2D eigenvalue weighted by Crippen LogP contribution is 2.17. The largest absolute Gasteiger partial charge is 0.481 e. The number of nitrogens with one attached hydrogen (secondary N) is 1. The fourth-order valence-electron chi connectivity index (χ4n) is 1.07. The van der Waals surface area contributed by atoms with Crippen molar-refractivity contribution in [2.45, 2.75) is 33.6 Å². The lowest BCUT2D eigenvalue weighted by Gasteiger charge is -2.17. The summed E-state index contributed by atoms with van der Waals surface area (Å²) in [6, 6.07) is 0. The molecule has 0 fully saturated rings. The van der Waals surface area contributed by atoms with E-state index in [0.717, 1.165) is 5.75 Å². The Balaban J connectivity index is 3.38. The van der Waals surface area contributed by atoms with Gasteiger partial charge < -0.3 is 10.4 Å². The van der Waals surface area contributed by atoms with Crippen molar-refractivity contribution in [1.82, 2.24) is 5.32 Å². The van der Waals surface area contributed by atoms with E-state index in [1.807, 2.05) is 20.8 Å². The van der Waals surface area contributed by atoms with E-state index in [4.69, 9.17) is 5.11 Å². The number of hydrogen-bond donors (Lipinski definition) is 2. The van der Waals surface area contributed by atoms with Crippen molar-refractivity contribution in [2.24, 2.45) is 5.41 Å². The summed E-state index contributed by atoms with van der Waals surface area (Å²) in [6.07, 6.45) is 0.702. The Bertz CT molecular complexity index is 236. The smallest absolute Gasteiger partial charge is 0.304 e. The molecule has 0 aliphatic rings. The maximum Gasteiger partial charge on any atom is 0.304 e. The van der Waals surface area contributed by atoms with Gasteiger partial charge in [-0.1, -0.05) is 20.8 Å². The first-order valence-electron chi connectivity index (χ1n) is 5.37. The van der Waals surface area contributed by atoms with Crippen LogP contribution in [0.3, 0.4) is 0 Å². The predicted octanol–water partition coefficient (Wildman–Crippen LogP) is 1.75. The number of carbonyl (C=O) groups excluding carboxylic acids is 1. The standard InChI is InChI=1S/C11H21NO3S/c1-11(2,3)8-9(13)12-5-7-16-6-4-10(14)15/h4-8H2,1-3H3,(H,12,13)(H,14,15). The quantitative estimate of drug-likeness (QED) is 0.673. The molecule has 94 valence electrons. The first kappa shape index (κ1) is 15.3. The van der Waals surface area contributed by atoms with Crippen LogP contribution in [0.1, 0.15) is 33.6 Å². The van der Waals surface area contributed by atoms with E-state index in [1.54, 1.807) is 11.8 Å². The van der Waals surface area contributed by atoms with Crippen molar-refractivity contribution in [3.63, 3.8) is 0 Å². The molecular weight excluding hydrogens is 226 g/mol. The fourth-order valence-corrected chi connectivity index (χ4v) is 1.84. The zero-order chi connectivity index (χ0) is 12.6. The van der Waals surface area contributed by atoms with Gasteiger partial charge >= 0.3 is 5.97 Å². The number of carbonyl (C=O) groups is 2. The van der Waals surface area contributed by atoms with Gasteiger partial charge in [0.25, 0.3) is 0 Å². The van der Waals surface area contributed by atoms with E-state index in [-0.39, 0.29) is 17.7 Å². The molecule has 0 aromatic heterocycles. The summed E-state index contributed by atoms with van der Waals surface area (Å²) in [4.78, 5) is 21.6. The Morgan fingerprint density at radius 3 is 2.38 bits per heavy atom. The fraction of sp³-hybridized carbons (Fsp3) is 0.818. The number of carboxylic acids is 1. The molecule has 0 atom stereocenters. The molecule has 0 radical (unpaired) electrons. The number of thioether (sulfide) groups is 1. The highest BCUT2D eigenvalue weighted by Gasteiger charge is 2.15. The number of carboxylic acid groups (broad SMARTS) is 1. The first-order valence-corrected chi connectivity index (χ1v) is 6.53. The molecule has 0 aromatic carbocycles. The summed E-state index contributed by atoms with van der Waals surface area (Å²) in [5, 5.41) is 11.2. The lowest BCUT2D eigenvalue weighted by atomic mass is 9.92. The van der Waals surface area contributed by atoms with Crippen LogP contribution in [-0.4, -0.2) is 35.0 Å². The van der Waals surface area contributed by atoms with Crippen molar-refractivity contribution >= 4 is 23.6 Å². The van der Waals surface area contributed by atoms with E-state index in [2.05, 4.69) is 5.32 Å². The van der Waals surface area contributed by atoms with Crippen LogP contribution in [-0.2, 0) is 9.59 Å². The van der Waals surface area contributed by atoms with Crippen molar-refractivity contribution in [3.8, 4) is 0 Å². The Kier molecular flexibility index (Phi) is 7.21. The second kappa shape index (κ2) is 7.54. The molecule has 5 heteroatoms. The Hall–Kier alpha value is -0.710. The van der Waals surface area contributed by atoms with Crippen LogP contribution in [0, 0.1) is 5.41 Å². The van der Waals surface area contributed by atoms with E-state index < -0.39 is 5.97 Å². The van der Waals surface area contributed by atoms with E-state index in [0.29, 0.717) is 18.7 Å². The van der Waals surface area contributed by atoms with Crippen LogP contribution in [0.25, 0.3) is 0 Å². The minimum atomic E-state index is -0.774. The van der Waals surface area contributed by atoms with Crippen LogP contribution in [0.2, 0.25) is 0 Å². The molecule has 1 amide bonds. The van der Waals surface area contributed by atoms with Gasteiger partial charge in [-0.3, -0.25) is 9.59 Å². The first-order chi connectivity index (χ1) is 7.31. The maximum atomic E-state index is 11.4. The molecule has 0 saturated carbocycles. The normalized spacial score (nSPS) is 11.2. The molecule has 0 spiro atoms. The predicted molar refractivity (Wildman–Crippen MR) is 66.7 cm³/mol. The lowest BCUT2D eigenvalue weighted by Crippen LogP contribution is -2.29. The third kappa shape index (κ3) is 11.4. The van der Waals surface area contributed by atoms with Crippen LogP contribution < -0.4 is 5.32 Å². The molecule has 0 rings (SSSR count). The van der Waals surface area contributed by atoms with Crippen molar-refractivity contribution in [1.29, 1.82) is 0 Å². The minimum Gasteiger partial charge on any atom is -0.481 e. The van der Waals surface area contributed by atoms with Crippen molar-refractivity contribution in [2.75, 3.05) is 18.1 Å². The highest BCUT2D eigenvalue weighted by molar-refractivity contribution is 7.99. The van der Waals surface area contributed by atoms with Crippen LogP contribution >= 0.6 is 11.8 Å². The summed E-state index contributed by atoms with van der Waals surface area (Å²) in [5.74, 6) is 0.656. The summed E-state index contributed by atoms with van der Waals surface area (Å²) in [6.45, 7) is 6.68. The minimum absolute atomic E-state index is 0.0144. The zero-order valence-corrected chi connectivity index (χ0v) is 11.0. The number of amides is 1. The Morgan fingerprint density at radius 2 is 1.88 bits per heavy atom. The Labute approximate surface area is 101 Å². The molecule has 16 heavy (non-hydrogen) atoms. The molecule has 0 aliphatic heterocycles. The molecular formula is C11H21NO3S. The average Bonchev–Trinajstić information content (AvgIpc) is 2.07. The van der Waals surface area contributed by atoms with Gasteiger partial charge in [0.05, 0.1) is 6.42 Å². The third-order valence-electron chi connectivity index (χ3n) is 1.72. The molecule has 0 bridgehead atoms. The SMILES string of the molecule is CC(C)(C)CC(=O)NCCSCCC(=O)O. The molecule has 0 heterocycles. The van der Waals surface area contributed by atoms with Gasteiger partial charge in [-0.25, -0.2) is 0 Å². The monoisotopic (exact) mass is 247 g/mol. The summed E-state index contributed by atoms with van der Waals surface area (Å²) < 4.78 is 0. The van der Waals surface area contributed by atoms with Gasteiger partial charge in [-0.15, -0.1) is 0 Å². The molecule has 2 N–H and O–H groups in total. The van der Waals surface area contributed by atoms with Crippen molar-refractivity contribution in [3.05, 3.63) is 0 Å². The summed E-state index contributed by atoms with van der Waals surface area (Å²) >= 11 is 1.55. The molecule has 0 saturated heterocycles. The van der Waals surface area contributed by atoms with E-state index >= 15 is 0 Å². The topological polar surface area (TPSA) is 66.4 Å². The number of rotatable bonds is 7. The molecule has 0 aliphatic carbocycles. The molecule has 0 unspecified atom stereocenters. The van der Waals surface area contributed by atoms with Gasteiger partial charge in [-0.05, 0) is 5.41 Å². The second-order valence-corrected chi connectivity index (χ2v) is 6.07. The zero-order valence-electron chi connectivity index (χ0n) is 10.2. The number of aliphatic carboxylic acids is 1. The van der Waals surface area contributed by atoms with Gasteiger partial charge in [-0.2, -0.15) is 11.8 Å². The summed E-state index contributed by atoms with van der Waals surface area (Å²) in [7, 11) is 0. The second-order valence-electron chi connectivity index (χ2n) is 4.84. The van der Waals surface area contributed by atoms with Gasteiger partial charge in [0, 0.05) is 24.5 Å². The third-order valence-corrected chi connectivity index (χ3v) is 2.71.